The zero-order chi connectivity index (χ0) is 19.1. The molecule has 0 aliphatic carbocycles. The van der Waals surface area contributed by atoms with Gasteiger partial charge in [0.1, 0.15) is 4.70 Å². The van der Waals surface area contributed by atoms with Crippen LogP contribution in [0.3, 0.4) is 0 Å². The van der Waals surface area contributed by atoms with Gasteiger partial charge in [0.25, 0.3) is 0 Å². The molecule has 5 aromatic heterocycles. The molecule has 0 fully saturated rings. The Bertz CT molecular complexity index is 1260. The summed E-state index contributed by atoms with van der Waals surface area (Å²) in [6.45, 7) is 4.07. The van der Waals surface area contributed by atoms with Crippen LogP contribution in [0.1, 0.15) is 11.8 Å². The maximum Gasteiger partial charge on any atom is 0.249 e. The third-order valence-electron chi connectivity index (χ3n) is 4.54. The van der Waals surface area contributed by atoms with E-state index in [0.29, 0.717) is 30.1 Å². The molecule has 0 bridgehead atoms. The van der Waals surface area contributed by atoms with E-state index in [-0.39, 0.29) is 6.61 Å². The molecule has 11 heteroatoms. The van der Waals surface area contributed by atoms with Gasteiger partial charge in [0, 0.05) is 22.7 Å². The Labute approximate surface area is 163 Å². The number of hydrogen-bond acceptors (Lipinski definition) is 7. The zero-order valence-electron chi connectivity index (χ0n) is 15.1. The van der Waals surface area contributed by atoms with Crippen molar-refractivity contribution in [3.63, 3.8) is 0 Å². The summed E-state index contributed by atoms with van der Waals surface area (Å²) in [5, 5.41) is 24.9. The van der Waals surface area contributed by atoms with Crippen LogP contribution in [0.15, 0.2) is 30.9 Å². The number of thiophene rings is 1. The predicted molar refractivity (Wildman–Crippen MR) is 103 cm³/mol. The van der Waals surface area contributed by atoms with Crippen LogP contribution in [0.5, 0.6) is 0 Å². The molecule has 0 saturated carbocycles. The lowest BCUT2D eigenvalue weighted by Crippen LogP contribution is -2.33. The minimum Gasteiger partial charge on any atom is -0.394 e. The Balaban J connectivity index is 1.49. The standard InChI is InChI=1S/C17H17N9OS/c1-2-25-14-5-12(28-15(14)8-20-25)10-26-17-16(22-23-26)18-7-13(21-17)11-6-19-24(9-11)3-4-27/h5-9,27H,2-4,10H2,1H3/p+1. The van der Waals surface area contributed by atoms with E-state index in [1.807, 2.05) is 12.4 Å². The highest BCUT2D eigenvalue weighted by Gasteiger charge is 2.16. The topological polar surface area (TPSA) is 114 Å². The molecule has 5 aromatic rings. The first-order chi connectivity index (χ1) is 13.7. The summed E-state index contributed by atoms with van der Waals surface area (Å²) in [7, 11) is 0. The lowest BCUT2D eigenvalue weighted by molar-refractivity contribution is -0.723. The van der Waals surface area contributed by atoms with Crippen LogP contribution in [-0.2, 0) is 19.6 Å². The van der Waals surface area contributed by atoms with Crippen LogP contribution < -0.4 is 4.68 Å². The summed E-state index contributed by atoms with van der Waals surface area (Å²) in [4.78, 5) is 10.3. The average molecular weight is 396 g/mol. The number of aromatic nitrogens is 9. The largest absolute Gasteiger partial charge is 0.394 e. The molecule has 5 rings (SSSR count). The number of aromatic amines is 1. The Morgan fingerprint density at radius 1 is 1.32 bits per heavy atom. The van der Waals surface area contributed by atoms with E-state index in [4.69, 9.17) is 10.1 Å². The van der Waals surface area contributed by atoms with Gasteiger partial charge in [0.05, 0.1) is 44.0 Å². The summed E-state index contributed by atoms with van der Waals surface area (Å²) in [5.41, 5.74) is 3.87. The third-order valence-corrected chi connectivity index (χ3v) is 5.60. The second-order valence-electron chi connectivity index (χ2n) is 6.35. The van der Waals surface area contributed by atoms with Crippen LogP contribution in [0.2, 0.25) is 0 Å². The molecule has 10 nitrogen and oxygen atoms in total. The first kappa shape index (κ1) is 17.0. The molecular formula is C17H18N9OS+. The summed E-state index contributed by atoms with van der Waals surface area (Å²) in [6.07, 6.45) is 7.24. The minimum absolute atomic E-state index is 0.0374. The Morgan fingerprint density at radius 3 is 3.11 bits per heavy atom. The number of nitrogens with zero attached hydrogens (tertiary/aromatic N) is 8. The molecule has 0 aliphatic rings. The molecule has 0 spiro atoms. The predicted octanol–water partition coefficient (Wildman–Crippen LogP) is 0.976. The number of hydrogen-bond donors (Lipinski definition) is 2. The molecule has 0 saturated heterocycles. The summed E-state index contributed by atoms with van der Waals surface area (Å²) < 4.78 is 6.77. The molecule has 0 amide bonds. The van der Waals surface area contributed by atoms with Crippen molar-refractivity contribution in [3.05, 3.63) is 35.7 Å². The van der Waals surface area contributed by atoms with E-state index in [1.165, 1.54) is 15.1 Å². The van der Waals surface area contributed by atoms with Gasteiger partial charge in [-0.2, -0.15) is 10.2 Å². The van der Waals surface area contributed by atoms with Crippen molar-refractivity contribution >= 4 is 32.8 Å². The van der Waals surface area contributed by atoms with Gasteiger partial charge >= 0.3 is 0 Å². The van der Waals surface area contributed by atoms with Gasteiger partial charge < -0.3 is 5.11 Å². The van der Waals surface area contributed by atoms with Gasteiger partial charge in [-0.05, 0) is 6.92 Å². The SMILES string of the molecule is CC[n+]1[nH]cc2sc(Cn3nnc4ncc(-c5cnn(CCO)c5)nc43)cc21. The van der Waals surface area contributed by atoms with Crippen molar-refractivity contribution in [1.82, 2.24) is 39.8 Å². The van der Waals surface area contributed by atoms with Crippen LogP contribution >= 0.6 is 11.3 Å². The summed E-state index contributed by atoms with van der Waals surface area (Å²) in [5.74, 6) is 0. The van der Waals surface area contributed by atoms with Crippen molar-refractivity contribution in [2.45, 2.75) is 26.6 Å². The molecular weight excluding hydrogens is 378 g/mol. The van der Waals surface area contributed by atoms with Gasteiger partial charge in [-0.15, -0.1) is 21.1 Å². The molecule has 0 unspecified atom stereocenters. The Kier molecular flexibility index (Phi) is 4.10. The lowest BCUT2D eigenvalue weighted by atomic mass is 10.3. The van der Waals surface area contributed by atoms with Crippen molar-refractivity contribution in [2.75, 3.05) is 6.61 Å². The lowest BCUT2D eigenvalue weighted by Gasteiger charge is -2.00. The van der Waals surface area contributed by atoms with Crippen LogP contribution in [0.4, 0.5) is 0 Å². The molecule has 5 heterocycles. The smallest absolute Gasteiger partial charge is 0.249 e. The Hall–Kier alpha value is -3.18. The number of nitrogens with one attached hydrogen (secondary N) is 1. The molecule has 2 N–H and O–H groups in total. The third kappa shape index (κ3) is 2.84. The van der Waals surface area contributed by atoms with E-state index in [1.54, 1.807) is 33.1 Å². The van der Waals surface area contributed by atoms with Crippen molar-refractivity contribution in [3.8, 4) is 11.3 Å². The fourth-order valence-corrected chi connectivity index (χ4v) is 4.20. The number of fused-ring (bicyclic) bond motifs is 2. The van der Waals surface area contributed by atoms with Gasteiger partial charge in [0.15, 0.2) is 12.2 Å². The van der Waals surface area contributed by atoms with Gasteiger partial charge in [-0.25, -0.2) is 14.6 Å². The molecule has 0 radical (unpaired) electrons. The quantitative estimate of drug-likeness (QED) is 0.414. The highest BCUT2D eigenvalue weighted by atomic mass is 32.1. The van der Waals surface area contributed by atoms with E-state index in [2.05, 4.69) is 43.2 Å². The first-order valence-corrected chi connectivity index (χ1v) is 9.76. The van der Waals surface area contributed by atoms with E-state index >= 15 is 0 Å². The average Bonchev–Trinajstić information content (AvgIpc) is 3.46. The monoisotopic (exact) mass is 396 g/mol. The molecule has 28 heavy (non-hydrogen) atoms. The maximum absolute atomic E-state index is 9.05. The fourth-order valence-electron chi connectivity index (χ4n) is 3.18. The van der Waals surface area contributed by atoms with Gasteiger partial charge in [0.2, 0.25) is 11.2 Å². The first-order valence-electron chi connectivity index (χ1n) is 8.94. The number of aliphatic hydroxyl groups excluding tert-OH is 1. The molecule has 0 aromatic carbocycles. The molecule has 0 atom stereocenters. The van der Waals surface area contributed by atoms with Crippen LogP contribution in [0.25, 0.3) is 32.8 Å². The second-order valence-corrected chi connectivity index (χ2v) is 7.51. The highest BCUT2D eigenvalue weighted by Crippen LogP contribution is 2.24. The van der Waals surface area contributed by atoms with Crippen molar-refractivity contribution in [2.24, 2.45) is 0 Å². The van der Waals surface area contributed by atoms with E-state index in [0.717, 1.165) is 12.1 Å². The number of aryl methyl sites for hydroxylation is 1. The number of H-pyrrole nitrogens is 1. The number of aliphatic hydroxyl groups is 1. The van der Waals surface area contributed by atoms with E-state index in [9.17, 15) is 0 Å². The second kappa shape index (κ2) is 6.77. The zero-order valence-corrected chi connectivity index (χ0v) is 16.0. The van der Waals surface area contributed by atoms with E-state index < -0.39 is 0 Å². The summed E-state index contributed by atoms with van der Waals surface area (Å²) in [6, 6.07) is 2.17. The van der Waals surface area contributed by atoms with Crippen molar-refractivity contribution in [1.29, 1.82) is 0 Å². The number of rotatable bonds is 6. The van der Waals surface area contributed by atoms with Gasteiger partial charge in [-0.1, -0.05) is 5.21 Å². The summed E-state index contributed by atoms with van der Waals surface area (Å²) >= 11 is 1.72. The molecule has 0 aliphatic heterocycles. The molecule has 142 valence electrons. The van der Waals surface area contributed by atoms with Crippen LogP contribution in [-0.4, -0.2) is 51.6 Å². The minimum atomic E-state index is 0.0374. The normalized spacial score (nSPS) is 11.8. The fraction of sp³-hybridized carbons (Fsp3) is 0.294. The maximum atomic E-state index is 9.05. The van der Waals surface area contributed by atoms with Gasteiger partial charge in [-0.3, -0.25) is 4.68 Å². The highest BCUT2D eigenvalue weighted by molar-refractivity contribution is 7.18. The van der Waals surface area contributed by atoms with Crippen molar-refractivity contribution < 1.29 is 9.79 Å². The Morgan fingerprint density at radius 2 is 2.25 bits per heavy atom. The van der Waals surface area contributed by atoms with Crippen LogP contribution in [0, 0.1) is 0 Å².